The van der Waals surface area contributed by atoms with Gasteiger partial charge < -0.3 is 10.6 Å². The van der Waals surface area contributed by atoms with Crippen molar-refractivity contribution in [2.24, 2.45) is 0 Å². The lowest BCUT2D eigenvalue weighted by Crippen LogP contribution is -2.22. The van der Waals surface area contributed by atoms with Crippen molar-refractivity contribution in [1.82, 2.24) is 10.6 Å². The number of nitrogens with one attached hydrogen (secondary N) is 2. The fourth-order valence-corrected chi connectivity index (χ4v) is 1.36. The van der Waals surface area contributed by atoms with E-state index in [-0.39, 0.29) is 0 Å². The molecule has 0 fully saturated rings. The van der Waals surface area contributed by atoms with Crippen molar-refractivity contribution in [3.05, 3.63) is 48.6 Å². The minimum absolute atomic E-state index is 1.05. The van der Waals surface area contributed by atoms with Crippen molar-refractivity contribution in [3.8, 4) is 0 Å². The lowest BCUT2D eigenvalue weighted by atomic mass is 10.2. The van der Waals surface area contributed by atoms with Crippen molar-refractivity contribution in [3.63, 3.8) is 0 Å². The number of allylic oxidation sites excluding steroid dienone is 3. The molecule has 0 amide bonds. The molecule has 0 bridgehead atoms. The molecule has 13 heavy (non-hydrogen) atoms. The Kier molecular flexibility index (Phi) is 2.19. The van der Waals surface area contributed by atoms with Crippen LogP contribution in [0.15, 0.2) is 48.6 Å². The molecular weight excluding hydrogens is 180 g/mol. The topological polar surface area (TPSA) is 24.1 Å². The molecule has 0 aromatic heterocycles. The summed E-state index contributed by atoms with van der Waals surface area (Å²) in [6.07, 6.45) is 9.55. The Morgan fingerprint density at radius 3 is 2.54 bits per heavy atom. The molecule has 2 N–H and O–H groups in total. The van der Waals surface area contributed by atoms with Gasteiger partial charge in [0.15, 0.2) is 0 Å². The van der Waals surface area contributed by atoms with E-state index in [1.165, 1.54) is 4.86 Å². The van der Waals surface area contributed by atoms with E-state index in [1.54, 1.807) is 17.0 Å². The molecule has 2 aliphatic rings. The van der Waals surface area contributed by atoms with E-state index in [1.807, 2.05) is 18.5 Å². The van der Waals surface area contributed by atoms with Gasteiger partial charge in [0.2, 0.25) is 0 Å². The normalized spacial score (nSPS) is 24.5. The molecule has 2 aliphatic heterocycles. The van der Waals surface area contributed by atoms with Gasteiger partial charge in [-0.1, -0.05) is 12.7 Å². The predicted octanol–water partition coefficient (Wildman–Crippen LogP) is 1.33. The average molecular weight is 190 g/mol. The smallest absolute Gasteiger partial charge is 0.0633 e. The molecule has 0 radical (unpaired) electrons. The molecule has 0 unspecified atom stereocenters. The largest absolute Gasteiger partial charge is 0.359 e. The molecule has 2 nitrogen and oxygen atoms in total. The molecule has 66 valence electrons. The highest BCUT2D eigenvalue weighted by Crippen LogP contribution is 2.10. The highest BCUT2D eigenvalue weighted by molar-refractivity contribution is 8.10. The van der Waals surface area contributed by atoms with Gasteiger partial charge in [-0.25, -0.2) is 0 Å². The Morgan fingerprint density at radius 1 is 1.23 bits per heavy atom. The quantitative estimate of drug-likeness (QED) is 0.507. The summed E-state index contributed by atoms with van der Waals surface area (Å²) in [4.78, 5) is 1.30. The van der Waals surface area contributed by atoms with Gasteiger partial charge >= 0.3 is 0 Å². The molecule has 0 spiro atoms. The van der Waals surface area contributed by atoms with Crippen LogP contribution in [-0.4, -0.2) is 10.2 Å². The molecule has 0 saturated carbocycles. The Labute approximate surface area is 80.9 Å². The molecule has 0 aliphatic carbocycles. The van der Waals surface area contributed by atoms with Crippen molar-refractivity contribution in [2.45, 2.75) is 0 Å². The zero-order valence-electron chi connectivity index (χ0n) is 7.08. The molecule has 0 atom stereocenters. The number of rotatable bonds is 2. The SMILES string of the molecule is C=C/C=C1/NC=CN/C1=C/C1=S=C1. The van der Waals surface area contributed by atoms with E-state index in [2.05, 4.69) is 28.7 Å². The minimum atomic E-state index is 1.05. The third-order valence-electron chi connectivity index (χ3n) is 1.68. The first-order chi connectivity index (χ1) is 6.40. The van der Waals surface area contributed by atoms with E-state index in [4.69, 9.17) is 0 Å². The highest BCUT2D eigenvalue weighted by atomic mass is 32.1. The van der Waals surface area contributed by atoms with Gasteiger partial charge in [0.25, 0.3) is 0 Å². The van der Waals surface area contributed by atoms with Crippen molar-refractivity contribution in [1.29, 1.82) is 0 Å². The van der Waals surface area contributed by atoms with Crippen molar-refractivity contribution in [2.75, 3.05) is 0 Å². The second-order valence-electron chi connectivity index (χ2n) is 2.63. The monoisotopic (exact) mass is 190 g/mol. The van der Waals surface area contributed by atoms with Gasteiger partial charge in [-0.05, 0) is 12.2 Å². The fraction of sp³-hybridized carbons (Fsp3) is 0. The molecule has 0 aromatic rings. The Bertz CT molecular complexity index is 393. The van der Waals surface area contributed by atoms with Crippen LogP contribution in [-0.2, 0) is 0 Å². The highest BCUT2D eigenvalue weighted by Gasteiger charge is 2.07. The van der Waals surface area contributed by atoms with Crippen LogP contribution in [0.2, 0.25) is 0 Å². The summed E-state index contributed by atoms with van der Waals surface area (Å²) in [6.45, 7) is 3.67. The van der Waals surface area contributed by atoms with Crippen LogP contribution >= 0.6 is 10.9 Å². The van der Waals surface area contributed by atoms with E-state index < -0.39 is 0 Å². The van der Waals surface area contributed by atoms with Crippen LogP contribution < -0.4 is 10.6 Å². The first-order valence-corrected chi connectivity index (χ1v) is 4.88. The van der Waals surface area contributed by atoms with Crippen molar-refractivity contribution < 1.29 is 0 Å². The summed E-state index contributed by atoms with van der Waals surface area (Å²) in [7, 11) is 1.75. The predicted molar refractivity (Wildman–Crippen MR) is 60.4 cm³/mol. The van der Waals surface area contributed by atoms with Gasteiger partial charge in [0.05, 0.1) is 11.4 Å². The molecular formula is C10H10N2S. The lowest BCUT2D eigenvalue weighted by molar-refractivity contribution is 0.917. The van der Waals surface area contributed by atoms with Crippen LogP contribution in [0.5, 0.6) is 0 Å². The maximum absolute atomic E-state index is 3.67. The Balaban J connectivity index is 2.23. The van der Waals surface area contributed by atoms with Gasteiger partial charge in [0, 0.05) is 22.6 Å². The zero-order chi connectivity index (χ0) is 9.10. The second-order valence-corrected chi connectivity index (χ2v) is 3.58. The van der Waals surface area contributed by atoms with Crippen LogP contribution in [0, 0.1) is 0 Å². The number of hydrogen-bond acceptors (Lipinski definition) is 2. The van der Waals surface area contributed by atoms with E-state index in [0.29, 0.717) is 0 Å². The molecule has 2 rings (SSSR count). The summed E-state index contributed by atoms with van der Waals surface area (Å²) in [5.41, 5.74) is 2.13. The average Bonchev–Trinajstić information content (AvgIpc) is 2.93. The first kappa shape index (κ1) is 8.13. The molecule has 0 saturated heterocycles. The lowest BCUT2D eigenvalue weighted by Gasteiger charge is -2.15. The third-order valence-corrected chi connectivity index (χ3v) is 2.30. The maximum atomic E-state index is 3.67. The first-order valence-electron chi connectivity index (χ1n) is 4.00. The molecule has 0 aromatic carbocycles. The van der Waals surface area contributed by atoms with Gasteiger partial charge in [-0.2, -0.15) is 0 Å². The summed E-state index contributed by atoms with van der Waals surface area (Å²) in [5.74, 6) is 0. The van der Waals surface area contributed by atoms with E-state index in [9.17, 15) is 0 Å². The van der Waals surface area contributed by atoms with Gasteiger partial charge in [-0.15, -0.1) is 10.9 Å². The van der Waals surface area contributed by atoms with E-state index >= 15 is 0 Å². The molecule has 2 heterocycles. The fourth-order valence-electron chi connectivity index (χ4n) is 1.04. The maximum Gasteiger partial charge on any atom is 0.0633 e. The standard InChI is InChI=1S/C10H10N2S/c1-2-3-9-10(6-8-7-13-8)12-5-4-11-9/h2-7,11-12H,1H2/b9-3+,10-6+. The van der Waals surface area contributed by atoms with Gasteiger partial charge in [0.1, 0.15) is 0 Å². The Morgan fingerprint density at radius 2 is 1.92 bits per heavy atom. The number of hydrogen-bond donors (Lipinski definition) is 2. The summed E-state index contributed by atoms with van der Waals surface area (Å²) < 4.78 is 0. The van der Waals surface area contributed by atoms with Crippen LogP contribution in [0.1, 0.15) is 0 Å². The van der Waals surface area contributed by atoms with Crippen LogP contribution in [0.4, 0.5) is 0 Å². The minimum Gasteiger partial charge on any atom is -0.359 e. The zero-order valence-corrected chi connectivity index (χ0v) is 7.90. The van der Waals surface area contributed by atoms with E-state index in [0.717, 1.165) is 11.4 Å². The summed E-state index contributed by atoms with van der Waals surface area (Å²) in [5, 5.41) is 8.43. The summed E-state index contributed by atoms with van der Waals surface area (Å²) >= 11 is 0. The summed E-state index contributed by atoms with van der Waals surface area (Å²) in [6, 6.07) is 0. The van der Waals surface area contributed by atoms with Crippen LogP contribution in [0.25, 0.3) is 0 Å². The van der Waals surface area contributed by atoms with Crippen LogP contribution in [0.3, 0.4) is 0 Å². The second kappa shape index (κ2) is 3.49. The Hall–Kier alpha value is -1.48. The molecule has 3 heteroatoms. The van der Waals surface area contributed by atoms with Crippen molar-refractivity contribution >= 4 is 21.2 Å². The third kappa shape index (κ3) is 2.00. The van der Waals surface area contributed by atoms with Gasteiger partial charge in [-0.3, -0.25) is 0 Å².